The van der Waals surface area contributed by atoms with Gasteiger partial charge >= 0.3 is 0 Å². The van der Waals surface area contributed by atoms with Crippen molar-refractivity contribution in [1.29, 1.82) is 0 Å². The molecule has 5 fully saturated rings. The number of amides is 2. The first-order valence-corrected chi connectivity index (χ1v) is 10.6. The van der Waals surface area contributed by atoms with Crippen molar-refractivity contribution in [2.75, 3.05) is 13.1 Å². The molecule has 0 aromatic heterocycles. The van der Waals surface area contributed by atoms with Crippen LogP contribution in [0, 0.1) is 23.2 Å². The summed E-state index contributed by atoms with van der Waals surface area (Å²) in [5.74, 6) is 1.50. The Morgan fingerprint density at radius 2 is 1.59 bits per heavy atom. The molecule has 0 spiro atoms. The number of carbonyl (C=O) groups is 2. The van der Waals surface area contributed by atoms with Gasteiger partial charge in [0.1, 0.15) is 0 Å². The third kappa shape index (κ3) is 2.71. The van der Waals surface area contributed by atoms with Crippen LogP contribution in [0.25, 0.3) is 0 Å². The van der Waals surface area contributed by atoms with Crippen molar-refractivity contribution in [2.24, 2.45) is 28.9 Å². The Kier molecular flexibility index (Phi) is 3.89. The molecule has 1 aromatic carbocycles. The van der Waals surface area contributed by atoms with E-state index >= 15 is 0 Å². The number of piperidine rings is 1. The Labute approximate surface area is 161 Å². The van der Waals surface area contributed by atoms with Crippen LogP contribution >= 0.6 is 0 Å². The summed E-state index contributed by atoms with van der Waals surface area (Å²) >= 11 is 0. The molecule has 2 atom stereocenters. The van der Waals surface area contributed by atoms with E-state index in [-0.39, 0.29) is 22.7 Å². The number of benzene rings is 1. The molecule has 144 valence electrons. The molecule has 4 aliphatic carbocycles. The summed E-state index contributed by atoms with van der Waals surface area (Å²) in [6.07, 6.45) is 8.46. The van der Waals surface area contributed by atoms with Gasteiger partial charge in [-0.3, -0.25) is 9.59 Å². The van der Waals surface area contributed by atoms with E-state index in [1.807, 2.05) is 0 Å². The monoisotopic (exact) mass is 366 g/mol. The first kappa shape index (κ1) is 17.3. The van der Waals surface area contributed by atoms with Crippen LogP contribution in [0.15, 0.2) is 30.3 Å². The van der Waals surface area contributed by atoms with Crippen molar-refractivity contribution in [3.8, 4) is 0 Å². The van der Waals surface area contributed by atoms with Gasteiger partial charge < -0.3 is 10.6 Å². The second-order valence-corrected chi connectivity index (χ2v) is 9.86. The van der Waals surface area contributed by atoms with E-state index in [9.17, 15) is 9.59 Å². The lowest BCUT2D eigenvalue weighted by molar-refractivity contribution is -0.162. The maximum Gasteiger partial charge on any atom is 0.228 e. The lowest BCUT2D eigenvalue weighted by Gasteiger charge is -2.62. The second kappa shape index (κ2) is 6.08. The number of primary amides is 1. The Morgan fingerprint density at radius 1 is 0.963 bits per heavy atom. The molecule has 1 aliphatic heterocycles. The average molecular weight is 367 g/mol. The molecule has 1 saturated heterocycles. The van der Waals surface area contributed by atoms with E-state index in [1.165, 1.54) is 24.8 Å². The smallest absolute Gasteiger partial charge is 0.228 e. The van der Waals surface area contributed by atoms with Crippen LogP contribution in [0.5, 0.6) is 0 Å². The molecular formula is C23H30N2O2. The minimum absolute atomic E-state index is 0.0546. The van der Waals surface area contributed by atoms with E-state index < -0.39 is 0 Å². The fourth-order valence-corrected chi connectivity index (χ4v) is 7.34. The van der Waals surface area contributed by atoms with E-state index in [4.69, 9.17) is 5.73 Å². The van der Waals surface area contributed by atoms with Gasteiger partial charge in [-0.25, -0.2) is 0 Å². The van der Waals surface area contributed by atoms with Gasteiger partial charge in [-0.1, -0.05) is 30.3 Å². The number of carbonyl (C=O) groups excluding carboxylic acids is 2. The van der Waals surface area contributed by atoms with Crippen molar-refractivity contribution < 1.29 is 9.59 Å². The molecule has 1 heterocycles. The summed E-state index contributed by atoms with van der Waals surface area (Å²) in [6.45, 7) is 1.39. The number of rotatable bonds is 3. The predicted molar refractivity (Wildman–Crippen MR) is 104 cm³/mol. The van der Waals surface area contributed by atoms with Gasteiger partial charge in [0.15, 0.2) is 0 Å². The van der Waals surface area contributed by atoms with E-state index in [0.717, 1.165) is 32.1 Å². The molecule has 5 aliphatic rings. The van der Waals surface area contributed by atoms with Crippen molar-refractivity contribution in [2.45, 2.75) is 56.8 Å². The highest BCUT2D eigenvalue weighted by Gasteiger charge is 2.61. The third-order valence-corrected chi connectivity index (χ3v) is 8.09. The Bertz CT molecular complexity index is 737. The lowest BCUT2D eigenvalue weighted by Crippen LogP contribution is -2.60. The number of nitrogens with two attached hydrogens (primary N) is 1. The van der Waals surface area contributed by atoms with Crippen molar-refractivity contribution >= 4 is 11.8 Å². The highest BCUT2D eigenvalue weighted by molar-refractivity contribution is 5.84. The highest BCUT2D eigenvalue weighted by atomic mass is 16.2. The molecule has 4 nitrogen and oxygen atoms in total. The fraction of sp³-hybridized carbons (Fsp3) is 0.652. The Hall–Kier alpha value is -1.84. The van der Waals surface area contributed by atoms with Crippen molar-refractivity contribution in [3.63, 3.8) is 0 Å². The average Bonchev–Trinajstić information content (AvgIpc) is 2.67. The van der Waals surface area contributed by atoms with Gasteiger partial charge in [0.05, 0.1) is 5.41 Å². The first-order valence-electron chi connectivity index (χ1n) is 10.6. The summed E-state index contributed by atoms with van der Waals surface area (Å²) in [4.78, 5) is 27.2. The van der Waals surface area contributed by atoms with Gasteiger partial charge in [-0.05, 0) is 74.2 Å². The molecule has 4 heteroatoms. The molecule has 4 saturated carbocycles. The van der Waals surface area contributed by atoms with Crippen LogP contribution in [0.2, 0.25) is 0 Å². The molecule has 2 amide bonds. The molecule has 27 heavy (non-hydrogen) atoms. The Balaban J connectivity index is 1.41. The quantitative estimate of drug-likeness (QED) is 0.892. The first-order chi connectivity index (χ1) is 13.0. The van der Waals surface area contributed by atoms with Gasteiger partial charge in [-0.2, -0.15) is 0 Å². The maximum absolute atomic E-state index is 13.7. The minimum Gasteiger partial charge on any atom is -0.369 e. The summed E-state index contributed by atoms with van der Waals surface area (Å²) < 4.78 is 0. The maximum atomic E-state index is 13.7. The van der Waals surface area contributed by atoms with Gasteiger partial charge in [-0.15, -0.1) is 0 Å². The van der Waals surface area contributed by atoms with Crippen LogP contribution < -0.4 is 5.73 Å². The molecular weight excluding hydrogens is 336 g/mol. The SMILES string of the molecule is NC(=O)C1CCN(C(=O)C23CC4CC(C2)CC(c2ccccc2)(C4)C3)CC1. The van der Waals surface area contributed by atoms with Gasteiger partial charge in [0.2, 0.25) is 11.8 Å². The standard InChI is InChI=1S/C23H30N2O2/c24-20(26)18-6-8-25(9-7-18)21(27)23-13-16-10-17(14-23)12-22(11-16,15-23)19-4-2-1-3-5-19/h1-5,16-18H,6-15H2,(H2,24,26). The number of nitrogens with zero attached hydrogens (tertiary/aromatic N) is 1. The molecule has 6 rings (SSSR count). The molecule has 0 radical (unpaired) electrons. The van der Waals surface area contributed by atoms with Crippen LogP contribution in [-0.4, -0.2) is 29.8 Å². The van der Waals surface area contributed by atoms with Crippen molar-refractivity contribution in [3.05, 3.63) is 35.9 Å². The molecule has 1 aromatic rings. The predicted octanol–water partition coefficient (Wildman–Crippen LogP) is 3.25. The summed E-state index contributed by atoms with van der Waals surface area (Å²) in [7, 11) is 0. The van der Waals surface area contributed by atoms with Crippen LogP contribution in [0.3, 0.4) is 0 Å². The van der Waals surface area contributed by atoms with Crippen LogP contribution in [0.4, 0.5) is 0 Å². The number of hydrogen-bond donors (Lipinski definition) is 1. The van der Waals surface area contributed by atoms with E-state index in [1.54, 1.807) is 0 Å². The van der Waals surface area contributed by atoms with E-state index in [2.05, 4.69) is 35.2 Å². The topological polar surface area (TPSA) is 63.4 Å². The fourth-order valence-electron chi connectivity index (χ4n) is 7.34. The van der Waals surface area contributed by atoms with Crippen molar-refractivity contribution in [1.82, 2.24) is 4.90 Å². The summed E-state index contributed by atoms with van der Waals surface area (Å²) in [5, 5.41) is 0. The van der Waals surface area contributed by atoms with Gasteiger partial charge in [0.25, 0.3) is 0 Å². The van der Waals surface area contributed by atoms with E-state index in [0.29, 0.717) is 30.8 Å². The molecule has 4 bridgehead atoms. The zero-order chi connectivity index (χ0) is 18.6. The van der Waals surface area contributed by atoms with Crippen LogP contribution in [-0.2, 0) is 15.0 Å². The Morgan fingerprint density at radius 3 is 2.19 bits per heavy atom. The number of likely N-dealkylation sites (tertiary alicyclic amines) is 1. The zero-order valence-electron chi connectivity index (χ0n) is 16.0. The minimum atomic E-state index is -0.208. The largest absolute Gasteiger partial charge is 0.369 e. The summed E-state index contributed by atoms with van der Waals surface area (Å²) in [6, 6.07) is 11.0. The number of hydrogen-bond acceptors (Lipinski definition) is 2. The van der Waals surface area contributed by atoms with Gasteiger partial charge in [0, 0.05) is 19.0 Å². The normalized spacial score (nSPS) is 38.1. The third-order valence-electron chi connectivity index (χ3n) is 8.09. The zero-order valence-corrected chi connectivity index (χ0v) is 16.0. The highest BCUT2D eigenvalue weighted by Crippen LogP contribution is 2.66. The summed E-state index contributed by atoms with van der Waals surface area (Å²) in [5.41, 5.74) is 6.96. The molecule has 2 N–H and O–H groups in total. The lowest BCUT2D eigenvalue weighted by atomic mass is 9.42. The second-order valence-electron chi connectivity index (χ2n) is 9.86. The van der Waals surface area contributed by atoms with Crippen LogP contribution in [0.1, 0.15) is 56.9 Å². The molecule has 2 unspecified atom stereocenters.